The molecule has 3 rings (SSSR count). The topological polar surface area (TPSA) is 51.0 Å². The minimum Gasteiger partial charge on any atom is -0.335 e. The lowest BCUT2D eigenvalue weighted by Gasteiger charge is -2.24. The number of hydrogen-bond donors (Lipinski definition) is 0. The van der Waals surface area contributed by atoms with E-state index >= 15 is 0 Å². The molecule has 8 heteroatoms. The van der Waals surface area contributed by atoms with Gasteiger partial charge in [-0.15, -0.1) is 0 Å². The number of rotatable bonds is 4. The van der Waals surface area contributed by atoms with Gasteiger partial charge in [0.2, 0.25) is 5.91 Å². The molecule has 2 heterocycles. The predicted octanol–water partition coefficient (Wildman–Crippen LogP) is 4.14. The van der Waals surface area contributed by atoms with Crippen molar-refractivity contribution in [1.29, 1.82) is 0 Å². The summed E-state index contributed by atoms with van der Waals surface area (Å²) in [5.41, 5.74) is -0.829. The Bertz CT molecular complexity index is 800. The standard InChI is InChI=1S/C19H23F3N4O/c1-2-16-23-17(13-25-12-8-4-3-5-11-18(25)27)26(24-16)15-10-7-6-9-14(15)19(20,21)22/h6-7,9-10H,2-5,8,11-13H2,1H3. The van der Waals surface area contributed by atoms with Crippen molar-refractivity contribution >= 4 is 5.91 Å². The molecule has 1 saturated heterocycles. The molecule has 1 aliphatic heterocycles. The number of carbonyl (C=O) groups is 1. The third-order valence-electron chi connectivity index (χ3n) is 4.73. The summed E-state index contributed by atoms with van der Waals surface area (Å²) in [4.78, 5) is 18.5. The minimum absolute atomic E-state index is 0.0198. The van der Waals surface area contributed by atoms with Gasteiger partial charge in [-0.1, -0.05) is 31.9 Å². The van der Waals surface area contributed by atoms with Crippen LogP contribution in [0.15, 0.2) is 24.3 Å². The molecular formula is C19H23F3N4O. The first-order valence-corrected chi connectivity index (χ1v) is 9.29. The average molecular weight is 380 g/mol. The molecule has 0 saturated carbocycles. The molecule has 27 heavy (non-hydrogen) atoms. The second kappa shape index (κ2) is 8.10. The summed E-state index contributed by atoms with van der Waals surface area (Å²) in [7, 11) is 0. The Balaban J connectivity index is 1.99. The lowest BCUT2D eigenvalue weighted by molar-refractivity contribution is -0.137. The smallest absolute Gasteiger partial charge is 0.335 e. The summed E-state index contributed by atoms with van der Waals surface area (Å²) in [6.45, 7) is 2.60. The van der Waals surface area contributed by atoms with Crippen LogP contribution in [0.25, 0.3) is 5.69 Å². The largest absolute Gasteiger partial charge is 0.418 e. The van der Waals surface area contributed by atoms with Crippen LogP contribution in [0, 0.1) is 0 Å². The monoisotopic (exact) mass is 380 g/mol. The first-order valence-electron chi connectivity index (χ1n) is 9.29. The molecule has 146 valence electrons. The van der Waals surface area contributed by atoms with E-state index in [1.165, 1.54) is 16.8 Å². The number of benzene rings is 1. The predicted molar refractivity (Wildman–Crippen MR) is 94.2 cm³/mol. The number of para-hydroxylation sites is 1. The maximum atomic E-state index is 13.4. The lowest BCUT2D eigenvalue weighted by atomic mass is 10.1. The van der Waals surface area contributed by atoms with Crippen molar-refractivity contribution in [3.8, 4) is 5.69 Å². The van der Waals surface area contributed by atoms with Crippen LogP contribution < -0.4 is 0 Å². The zero-order chi connectivity index (χ0) is 19.4. The van der Waals surface area contributed by atoms with Gasteiger partial charge in [0.05, 0.1) is 17.8 Å². The van der Waals surface area contributed by atoms with E-state index in [4.69, 9.17) is 0 Å². The Labute approximate surface area is 156 Å². The molecule has 0 aliphatic carbocycles. The number of nitrogens with zero attached hydrogens (tertiary/aromatic N) is 4. The van der Waals surface area contributed by atoms with E-state index in [-0.39, 0.29) is 18.1 Å². The second-order valence-electron chi connectivity index (χ2n) is 6.70. The van der Waals surface area contributed by atoms with E-state index in [9.17, 15) is 18.0 Å². The molecule has 0 atom stereocenters. The van der Waals surface area contributed by atoms with Gasteiger partial charge in [-0.3, -0.25) is 4.79 Å². The highest BCUT2D eigenvalue weighted by molar-refractivity contribution is 5.76. The zero-order valence-corrected chi connectivity index (χ0v) is 15.3. The lowest BCUT2D eigenvalue weighted by Crippen LogP contribution is -2.33. The molecule has 1 fully saturated rings. The van der Waals surface area contributed by atoms with Crippen molar-refractivity contribution in [1.82, 2.24) is 19.7 Å². The van der Waals surface area contributed by atoms with Gasteiger partial charge in [0, 0.05) is 19.4 Å². The van der Waals surface area contributed by atoms with Gasteiger partial charge in [-0.25, -0.2) is 9.67 Å². The molecule has 0 radical (unpaired) electrons. The molecule has 1 aromatic heterocycles. The highest BCUT2D eigenvalue weighted by atomic mass is 19.4. The summed E-state index contributed by atoms with van der Waals surface area (Å²) in [6, 6.07) is 5.32. The van der Waals surface area contributed by atoms with Crippen LogP contribution in [0.2, 0.25) is 0 Å². The maximum Gasteiger partial charge on any atom is 0.418 e. The van der Waals surface area contributed by atoms with E-state index < -0.39 is 11.7 Å². The van der Waals surface area contributed by atoms with Gasteiger partial charge < -0.3 is 4.90 Å². The number of likely N-dealkylation sites (tertiary alicyclic amines) is 1. The highest BCUT2D eigenvalue weighted by Gasteiger charge is 2.34. The Hall–Kier alpha value is -2.38. The van der Waals surface area contributed by atoms with Crippen molar-refractivity contribution in [2.75, 3.05) is 6.54 Å². The van der Waals surface area contributed by atoms with E-state index in [1.54, 1.807) is 11.0 Å². The number of aromatic nitrogens is 3. The number of hydrogen-bond acceptors (Lipinski definition) is 3. The van der Waals surface area contributed by atoms with Gasteiger partial charge in [0.25, 0.3) is 0 Å². The van der Waals surface area contributed by atoms with Crippen molar-refractivity contribution in [3.05, 3.63) is 41.5 Å². The number of halogens is 3. The molecule has 2 aromatic rings. The molecule has 1 amide bonds. The highest BCUT2D eigenvalue weighted by Crippen LogP contribution is 2.34. The normalized spacial score (nSPS) is 16.3. The number of aryl methyl sites for hydroxylation is 1. The van der Waals surface area contributed by atoms with Crippen LogP contribution in [0.1, 0.15) is 56.2 Å². The number of carbonyl (C=O) groups excluding carboxylic acids is 1. The summed E-state index contributed by atoms with van der Waals surface area (Å²) >= 11 is 0. The fraction of sp³-hybridized carbons (Fsp3) is 0.526. The fourth-order valence-corrected chi connectivity index (χ4v) is 3.29. The third-order valence-corrected chi connectivity index (χ3v) is 4.73. The first kappa shape index (κ1) is 19.4. The van der Waals surface area contributed by atoms with Crippen LogP contribution in [-0.2, 0) is 23.9 Å². The van der Waals surface area contributed by atoms with E-state index in [0.717, 1.165) is 31.7 Å². The molecule has 0 N–H and O–H groups in total. The van der Waals surface area contributed by atoms with Crippen LogP contribution in [0.3, 0.4) is 0 Å². The number of alkyl halides is 3. The zero-order valence-electron chi connectivity index (χ0n) is 15.3. The van der Waals surface area contributed by atoms with Gasteiger partial charge >= 0.3 is 6.18 Å². The summed E-state index contributed by atoms with van der Waals surface area (Å²) in [5.74, 6) is 0.838. The first-order chi connectivity index (χ1) is 12.9. The Morgan fingerprint density at radius 1 is 1.11 bits per heavy atom. The summed E-state index contributed by atoms with van der Waals surface area (Å²) in [6.07, 6.45) is 0.291. The summed E-state index contributed by atoms with van der Waals surface area (Å²) < 4.78 is 41.6. The molecule has 0 unspecified atom stereocenters. The Morgan fingerprint density at radius 2 is 1.85 bits per heavy atom. The third kappa shape index (κ3) is 4.48. The molecule has 0 bridgehead atoms. The minimum atomic E-state index is -4.50. The summed E-state index contributed by atoms with van der Waals surface area (Å²) in [5, 5.41) is 4.27. The van der Waals surface area contributed by atoms with Gasteiger partial charge in [0.1, 0.15) is 0 Å². The fourth-order valence-electron chi connectivity index (χ4n) is 3.29. The Kier molecular flexibility index (Phi) is 5.82. The van der Waals surface area contributed by atoms with Crippen molar-refractivity contribution in [2.45, 2.75) is 58.2 Å². The van der Waals surface area contributed by atoms with Crippen molar-refractivity contribution < 1.29 is 18.0 Å². The average Bonchev–Trinajstić information content (AvgIpc) is 3.04. The van der Waals surface area contributed by atoms with E-state index in [0.29, 0.717) is 31.0 Å². The Morgan fingerprint density at radius 3 is 2.59 bits per heavy atom. The van der Waals surface area contributed by atoms with Crippen molar-refractivity contribution in [3.63, 3.8) is 0 Å². The van der Waals surface area contributed by atoms with Crippen molar-refractivity contribution in [2.24, 2.45) is 0 Å². The second-order valence-corrected chi connectivity index (χ2v) is 6.70. The SMILES string of the molecule is CCc1nc(CN2CCCCCCC2=O)n(-c2ccccc2C(F)(F)F)n1. The molecule has 1 aromatic carbocycles. The molecule has 5 nitrogen and oxygen atoms in total. The molecule has 1 aliphatic rings. The van der Waals surface area contributed by atoms with Gasteiger partial charge in [0.15, 0.2) is 11.6 Å². The quantitative estimate of drug-likeness (QED) is 0.801. The van der Waals surface area contributed by atoms with Crippen LogP contribution in [-0.4, -0.2) is 32.1 Å². The molecular weight excluding hydrogens is 357 g/mol. The van der Waals surface area contributed by atoms with Gasteiger partial charge in [-0.2, -0.15) is 18.3 Å². The molecule has 0 spiro atoms. The van der Waals surface area contributed by atoms with Crippen LogP contribution >= 0.6 is 0 Å². The van der Waals surface area contributed by atoms with Crippen LogP contribution in [0.4, 0.5) is 13.2 Å². The van der Waals surface area contributed by atoms with E-state index in [1.807, 2.05) is 6.92 Å². The maximum absolute atomic E-state index is 13.4. The number of amides is 1. The van der Waals surface area contributed by atoms with Gasteiger partial charge in [-0.05, 0) is 25.0 Å². The van der Waals surface area contributed by atoms with Crippen LogP contribution in [0.5, 0.6) is 0 Å². The van der Waals surface area contributed by atoms with E-state index in [2.05, 4.69) is 10.1 Å².